The molecule has 0 fully saturated rings. The van der Waals surface area contributed by atoms with Crippen LogP contribution in [0.1, 0.15) is 17.7 Å². The molecule has 0 unspecified atom stereocenters. The molecule has 0 bridgehead atoms. The van der Waals surface area contributed by atoms with Gasteiger partial charge in [0.15, 0.2) is 0 Å². The molecule has 1 aromatic carbocycles. The van der Waals surface area contributed by atoms with Gasteiger partial charge in [-0.3, -0.25) is 0 Å². The highest BCUT2D eigenvalue weighted by Gasteiger charge is 2.07. The van der Waals surface area contributed by atoms with Crippen molar-refractivity contribution in [3.63, 3.8) is 0 Å². The summed E-state index contributed by atoms with van der Waals surface area (Å²) in [6.45, 7) is 4.29. The van der Waals surface area contributed by atoms with Crippen LogP contribution in [0.3, 0.4) is 0 Å². The van der Waals surface area contributed by atoms with Gasteiger partial charge in [-0.25, -0.2) is 4.98 Å². The van der Waals surface area contributed by atoms with Crippen LogP contribution in [-0.2, 0) is 11.3 Å². The molecule has 108 valence electrons. The van der Waals surface area contributed by atoms with Crippen molar-refractivity contribution in [3.05, 3.63) is 46.7 Å². The maximum Gasteiger partial charge on any atom is 0.203 e. The van der Waals surface area contributed by atoms with Crippen LogP contribution in [0.15, 0.2) is 30.5 Å². The number of aryl methyl sites for hydroxylation is 1. The number of hydrogen-bond donors (Lipinski definition) is 1. The largest absolute Gasteiger partial charge is 0.385 e. The fraction of sp³-hybridized carbons (Fsp3) is 0.400. The average molecular weight is 294 g/mol. The zero-order valence-corrected chi connectivity index (χ0v) is 12.7. The summed E-state index contributed by atoms with van der Waals surface area (Å²) in [5.74, 6) is 0.874. The third kappa shape index (κ3) is 3.99. The summed E-state index contributed by atoms with van der Waals surface area (Å²) in [5.41, 5.74) is 2.08. The van der Waals surface area contributed by atoms with Crippen LogP contribution in [0, 0.1) is 6.92 Å². The number of halogens is 1. The zero-order chi connectivity index (χ0) is 14.4. The molecule has 0 aliphatic rings. The molecule has 2 aromatic rings. The normalized spacial score (nSPS) is 10.8. The lowest BCUT2D eigenvalue weighted by Crippen LogP contribution is -2.11. The number of imidazole rings is 1. The molecule has 0 saturated heterocycles. The number of ether oxygens (including phenoxy) is 1. The monoisotopic (exact) mass is 293 g/mol. The van der Waals surface area contributed by atoms with Crippen molar-refractivity contribution in [1.29, 1.82) is 0 Å². The fourth-order valence-corrected chi connectivity index (χ4v) is 2.23. The predicted molar refractivity (Wildman–Crippen MR) is 82.5 cm³/mol. The number of nitrogens with zero attached hydrogens (tertiary/aromatic N) is 2. The molecule has 1 heterocycles. The number of aromatic nitrogens is 2. The van der Waals surface area contributed by atoms with Gasteiger partial charge in [-0.15, -0.1) is 0 Å². The smallest absolute Gasteiger partial charge is 0.203 e. The maximum atomic E-state index is 6.21. The van der Waals surface area contributed by atoms with E-state index >= 15 is 0 Å². The summed E-state index contributed by atoms with van der Waals surface area (Å²) in [5, 5.41) is 4.12. The summed E-state index contributed by atoms with van der Waals surface area (Å²) < 4.78 is 7.13. The van der Waals surface area contributed by atoms with E-state index in [2.05, 4.69) is 14.9 Å². The van der Waals surface area contributed by atoms with Crippen molar-refractivity contribution >= 4 is 17.5 Å². The third-order valence-corrected chi connectivity index (χ3v) is 3.37. The third-order valence-electron chi connectivity index (χ3n) is 3.00. The van der Waals surface area contributed by atoms with E-state index in [9.17, 15) is 0 Å². The predicted octanol–water partition coefficient (Wildman–Crippen LogP) is 3.34. The average Bonchev–Trinajstić information content (AvgIpc) is 2.78. The molecule has 20 heavy (non-hydrogen) atoms. The summed E-state index contributed by atoms with van der Waals surface area (Å²) in [4.78, 5) is 4.50. The van der Waals surface area contributed by atoms with E-state index in [0.717, 1.165) is 41.8 Å². The number of methoxy groups -OCH3 is 1. The first-order valence-corrected chi connectivity index (χ1v) is 7.08. The molecule has 0 atom stereocenters. The van der Waals surface area contributed by atoms with E-state index in [4.69, 9.17) is 16.3 Å². The van der Waals surface area contributed by atoms with Gasteiger partial charge in [0.05, 0.1) is 12.2 Å². The number of hydrogen-bond acceptors (Lipinski definition) is 3. The van der Waals surface area contributed by atoms with Gasteiger partial charge in [-0.2, -0.15) is 0 Å². The molecule has 0 amide bonds. The molecule has 0 saturated carbocycles. The molecule has 0 spiro atoms. The van der Waals surface area contributed by atoms with Crippen molar-refractivity contribution in [2.45, 2.75) is 19.9 Å². The SMILES string of the molecule is COCCCNc1nc(C)cn1Cc1ccccc1Cl. The molecule has 0 aliphatic heterocycles. The van der Waals surface area contributed by atoms with Crippen LogP contribution in [0.5, 0.6) is 0 Å². The quantitative estimate of drug-likeness (QED) is 0.796. The second kappa shape index (κ2) is 7.31. The minimum atomic E-state index is 0.715. The molecule has 2 rings (SSSR count). The van der Waals surface area contributed by atoms with Crippen LogP contribution in [0.2, 0.25) is 5.02 Å². The highest BCUT2D eigenvalue weighted by molar-refractivity contribution is 6.31. The van der Waals surface area contributed by atoms with Gasteiger partial charge < -0.3 is 14.6 Å². The molecule has 0 aliphatic carbocycles. The Balaban J connectivity index is 2.06. The standard InChI is InChI=1S/C15H20ClN3O/c1-12-10-19(11-13-6-3-4-7-14(13)16)15(18-12)17-8-5-9-20-2/h3-4,6-7,10H,5,8-9,11H2,1-2H3,(H,17,18). The van der Waals surface area contributed by atoms with Crippen LogP contribution in [0.25, 0.3) is 0 Å². The number of nitrogens with one attached hydrogen (secondary N) is 1. The first-order chi connectivity index (χ1) is 9.70. The van der Waals surface area contributed by atoms with Gasteiger partial charge in [0.25, 0.3) is 0 Å². The second-order valence-electron chi connectivity index (χ2n) is 4.70. The summed E-state index contributed by atoms with van der Waals surface area (Å²) >= 11 is 6.21. The van der Waals surface area contributed by atoms with Gasteiger partial charge >= 0.3 is 0 Å². The van der Waals surface area contributed by atoms with E-state index in [0.29, 0.717) is 6.54 Å². The molecular formula is C15H20ClN3O. The Morgan fingerprint density at radius 3 is 2.90 bits per heavy atom. The number of benzene rings is 1. The maximum absolute atomic E-state index is 6.21. The lowest BCUT2D eigenvalue weighted by Gasteiger charge is -2.10. The van der Waals surface area contributed by atoms with E-state index in [-0.39, 0.29) is 0 Å². The highest BCUT2D eigenvalue weighted by Crippen LogP contribution is 2.18. The first-order valence-electron chi connectivity index (χ1n) is 6.70. The van der Waals surface area contributed by atoms with E-state index in [1.165, 1.54) is 0 Å². The van der Waals surface area contributed by atoms with Gasteiger partial charge in [-0.05, 0) is 25.0 Å². The zero-order valence-electron chi connectivity index (χ0n) is 11.9. The van der Waals surface area contributed by atoms with Crippen LogP contribution in [-0.4, -0.2) is 29.8 Å². The van der Waals surface area contributed by atoms with E-state index < -0.39 is 0 Å². The molecule has 5 heteroatoms. The van der Waals surface area contributed by atoms with Gasteiger partial charge in [0.2, 0.25) is 5.95 Å². The lowest BCUT2D eigenvalue weighted by atomic mass is 10.2. The molecular weight excluding hydrogens is 274 g/mol. The minimum absolute atomic E-state index is 0.715. The molecule has 4 nitrogen and oxygen atoms in total. The van der Waals surface area contributed by atoms with E-state index in [1.807, 2.05) is 37.4 Å². The van der Waals surface area contributed by atoms with Crippen molar-refractivity contribution < 1.29 is 4.74 Å². The van der Waals surface area contributed by atoms with Gasteiger partial charge in [0.1, 0.15) is 0 Å². The Morgan fingerprint density at radius 2 is 2.15 bits per heavy atom. The Hall–Kier alpha value is -1.52. The topological polar surface area (TPSA) is 39.1 Å². The summed E-state index contributed by atoms with van der Waals surface area (Å²) in [6, 6.07) is 7.88. The van der Waals surface area contributed by atoms with Gasteiger partial charge in [0, 0.05) is 31.5 Å². The van der Waals surface area contributed by atoms with Crippen LogP contribution in [0.4, 0.5) is 5.95 Å². The van der Waals surface area contributed by atoms with E-state index in [1.54, 1.807) is 7.11 Å². The molecule has 1 N–H and O–H groups in total. The Bertz CT molecular complexity index is 554. The number of anilines is 1. The summed E-state index contributed by atoms with van der Waals surface area (Å²) in [6.07, 6.45) is 2.98. The fourth-order valence-electron chi connectivity index (χ4n) is 2.04. The molecule has 1 aromatic heterocycles. The Labute approximate surface area is 124 Å². The minimum Gasteiger partial charge on any atom is -0.385 e. The summed E-state index contributed by atoms with van der Waals surface area (Å²) in [7, 11) is 1.71. The first kappa shape index (κ1) is 14.9. The second-order valence-corrected chi connectivity index (χ2v) is 5.11. The van der Waals surface area contributed by atoms with Crippen molar-refractivity contribution in [2.75, 3.05) is 25.6 Å². The Kier molecular flexibility index (Phi) is 5.44. The number of rotatable bonds is 7. The van der Waals surface area contributed by atoms with Gasteiger partial charge in [-0.1, -0.05) is 29.8 Å². The molecule has 0 radical (unpaired) electrons. The lowest BCUT2D eigenvalue weighted by molar-refractivity contribution is 0.197. The van der Waals surface area contributed by atoms with Crippen LogP contribution >= 0.6 is 11.6 Å². The van der Waals surface area contributed by atoms with Crippen molar-refractivity contribution in [2.24, 2.45) is 0 Å². The highest BCUT2D eigenvalue weighted by atomic mass is 35.5. The van der Waals surface area contributed by atoms with Crippen molar-refractivity contribution in [3.8, 4) is 0 Å². The Morgan fingerprint density at radius 1 is 1.35 bits per heavy atom. The van der Waals surface area contributed by atoms with Crippen LogP contribution < -0.4 is 5.32 Å². The van der Waals surface area contributed by atoms with Crippen molar-refractivity contribution in [1.82, 2.24) is 9.55 Å².